The van der Waals surface area contributed by atoms with Gasteiger partial charge in [-0.3, -0.25) is 19.6 Å². The highest BCUT2D eigenvalue weighted by molar-refractivity contribution is 5.80. The molecule has 0 aliphatic carbocycles. The van der Waals surface area contributed by atoms with Crippen molar-refractivity contribution >= 4 is 5.96 Å². The molecule has 0 bridgehead atoms. The Bertz CT molecular complexity index is 777. The molecule has 1 aliphatic rings. The van der Waals surface area contributed by atoms with Crippen LogP contribution in [0.15, 0.2) is 41.8 Å². The summed E-state index contributed by atoms with van der Waals surface area (Å²) in [6, 6.07) is 6.77. The van der Waals surface area contributed by atoms with Crippen LogP contribution in [-0.2, 0) is 13.6 Å². The monoisotopic (exact) mass is 412 g/mol. The summed E-state index contributed by atoms with van der Waals surface area (Å²) < 4.78 is 1.84. The Balaban J connectivity index is 1.53. The molecule has 0 saturated carbocycles. The Hall–Kier alpha value is -2.45. The Morgan fingerprint density at radius 3 is 2.70 bits per heavy atom. The van der Waals surface area contributed by atoms with Gasteiger partial charge in [-0.15, -0.1) is 0 Å². The molecule has 3 rings (SSSR count). The third kappa shape index (κ3) is 6.53. The first-order chi connectivity index (χ1) is 14.5. The van der Waals surface area contributed by atoms with Crippen molar-refractivity contribution in [1.29, 1.82) is 0 Å². The molecule has 0 spiro atoms. The lowest BCUT2D eigenvalue weighted by molar-refractivity contribution is 0.196. The molecule has 1 unspecified atom stereocenters. The number of piperidine rings is 1. The van der Waals surface area contributed by atoms with Gasteiger partial charge >= 0.3 is 0 Å². The van der Waals surface area contributed by atoms with E-state index in [0.29, 0.717) is 12.6 Å². The van der Waals surface area contributed by atoms with E-state index in [9.17, 15) is 0 Å². The molecule has 1 atom stereocenters. The number of nitrogens with one attached hydrogen (secondary N) is 2. The number of guanidine groups is 1. The number of aromatic nitrogens is 3. The van der Waals surface area contributed by atoms with E-state index in [1.165, 1.54) is 5.56 Å². The molecule has 1 fully saturated rings. The number of hydrogen-bond donors (Lipinski definition) is 2. The van der Waals surface area contributed by atoms with Crippen LogP contribution in [0.5, 0.6) is 0 Å². The molecule has 2 N–H and O–H groups in total. The van der Waals surface area contributed by atoms with Crippen molar-refractivity contribution in [2.45, 2.75) is 38.4 Å². The van der Waals surface area contributed by atoms with Crippen molar-refractivity contribution in [2.75, 3.05) is 40.3 Å². The summed E-state index contributed by atoms with van der Waals surface area (Å²) in [7, 11) is 6.13. The molecule has 1 aliphatic heterocycles. The number of hydrogen-bond acceptors (Lipinski definition) is 5. The van der Waals surface area contributed by atoms with Gasteiger partial charge in [-0.05, 0) is 46.0 Å². The molecule has 8 heteroatoms. The number of aliphatic imine (C=N–C) groups is 1. The van der Waals surface area contributed by atoms with E-state index in [-0.39, 0.29) is 6.04 Å². The normalized spacial score (nSPS) is 17.3. The van der Waals surface area contributed by atoms with Crippen molar-refractivity contribution < 1.29 is 0 Å². The highest BCUT2D eigenvalue weighted by Gasteiger charge is 2.21. The summed E-state index contributed by atoms with van der Waals surface area (Å²) in [5, 5.41) is 11.4. The van der Waals surface area contributed by atoms with Crippen LogP contribution in [0.25, 0.3) is 0 Å². The molecule has 8 nitrogen and oxygen atoms in total. The molecule has 30 heavy (non-hydrogen) atoms. The van der Waals surface area contributed by atoms with Gasteiger partial charge in [-0.1, -0.05) is 6.07 Å². The third-order valence-electron chi connectivity index (χ3n) is 5.54. The predicted molar refractivity (Wildman–Crippen MR) is 121 cm³/mol. The topological polar surface area (TPSA) is 73.6 Å². The summed E-state index contributed by atoms with van der Waals surface area (Å²) in [4.78, 5) is 14.0. The van der Waals surface area contributed by atoms with Gasteiger partial charge < -0.3 is 15.5 Å². The lowest BCUT2D eigenvalue weighted by Gasteiger charge is -2.33. The summed E-state index contributed by atoms with van der Waals surface area (Å²) in [6.45, 7) is 6.72. The maximum absolute atomic E-state index is 4.89. The van der Waals surface area contributed by atoms with Crippen molar-refractivity contribution in [3.8, 4) is 0 Å². The fourth-order valence-electron chi connectivity index (χ4n) is 3.83. The van der Waals surface area contributed by atoms with Crippen molar-refractivity contribution in [2.24, 2.45) is 12.0 Å². The SMILES string of the molecule is CCNC(=NCC(c1cnn(C)c1)N(C)C)NC1CCN(Cc2ccccn2)CC1. The van der Waals surface area contributed by atoms with Crippen LogP contribution < -0.4 is 10.6 Å². The van der Waals surface area contributed by atoms with E-state index >= 15 is 0 Å². The standard InChI is InChI=1S/C22H36N8/c1-5-23-22(25-15-21(28(2)3)18-14-26-29(4)16-18)27-19-9-12-30(13-10-19)17-20-8-6-7-11-24-20/h6-8,11,14,16,19,21H,5,9-10,12-13,15,17H2,1-4H3,(H2,23,25,27). The van der Waals surface area contributed by atoms with Crippen LogP contribution >= 0.6 is 0 Å². The Kier molecular flexibility index (Phi) is 8.21. The van der Waals surface area contributed by atoms with Crippen molar-refractivity contribution in [3.63, 3.8) is 0 Å². The Morgan fingerprint density at radius 1 is 1.30 bits per heavy atom. The zero-order valence-electron chi connectivity index (χ0n) is 18.8. The van der Waals surface area contributed by atoms with Gasteiger partial charge in [0.25, 0.3) is 0 Å². The molecule has 0 radical (unpaired) electrons. The largest absolute Gasteiger partial charge is 0.357 e. The first-order valence-corrected chi connectivity index (χ1v) is 10.9. The van der Waals surface area contributed by atoms with E-state index in [0.717, 1.165) is 50.7 Å². The smallest absolute Gasteiger partial charge is 0.191 e. The minimum absolute atomic E-state index is 0.203. The fraction of sp³-hybridized carbons (Fsp3) is 0.591. The minimum Gasteiger partial charge on any atom is -0.357 e. The molecular weight excluding hydrogens is 376 g/mol. The average molecular weight is 413 g/mol. The van der Waals surface area contributed by atoms with Gasteiger partial charge in [-0.2, -0.15) is 5.10 Å². The number of rotatable bonds is 8. The number of pyridine rings is 1. The van der Waals surface area contributed by atoms with Gasteiger partial charge in [0.2, 0.25) is 0 Å². The first kappa shape index (κ1) is 22.2. The van der Waals surface area contributed by atoms with Crippen LogP contribution in [0.3, 0.4) is 0 Å². The third-order valence-corrected chi connectivity index (χ3v) is 5.54. The van der Waals surface area contributed by atoms with Crippen LogP contribution in [-0.4, -0.2) is 76.8 Å². The second-order valence-corrected chi connectivity index (χ2v) is 8.16. The highest BCUT2D eigenvalue weighted by atomic mass is 15.3. The van der Waals surface area contributed by atoms with Gasteiger partial charge in [0, 0.05) is 57.2 Å². The van der Waals surface area contributed by atoms with Gasteiger partial charge in [0.05, 0.1) is 24.5 Å². The van der Waals surface area contributed by atoms with Gasteiger partial charge in [0.1, 0.15) is 0 Å². The molecule has 3 heterocycles. The predicted octanol–water partition coefficient (Wildman–Crippen LogP) is 1.64. The van der Waals surface area contributed by atoms with Crippen molar-refractivity contribution in [3.05, 3.63) is 48.0 Å². The molecule has 2 aromatic heterocycles. The second-order valence-electron chi connectivity index (χ2n) is 8.16. The molecule has 1 saturated heterocycles. The molecule has 0 aromatic carbocycles. The number of likely N-dealkylation sites (tertiary alicyclic amines) is 1. The summed E-state index contributed by atoms with van der Waals surface area (Å²) in [5.74, 6) is 0.899. The lowest BCUT2D eigenvalue weighted by atomic mass is 10.0. The lowest BCUT2D eigenvalue weighted by Crippen LogP contribution is -2.48. The van der Waals surface area contributed by atoms with E-state index in [1.54, 1.807) is 0 Å². The van der Waals surface area contributed by atoms with E-state index < -0.39 is 0 Å². The Morgan fingerprint density at radius 2 is 2.10 bits per heavy atom. The van der Waals surface area contributed by atoms with Crippen LogP contribution in [0.2, 0.25) is 0 Å². The number of likely N-dealkylation sites (N-methyl/N-ethyl adjacent to an activating group) is 1. The maximum atomic E-state index is 4.89. The number of nitrogens with zero attached hydrogens (tertiary/aromatic N) is 6. The van der Waals surface area contributed by atoms with Crippen molar-refractivity contribution in [1.82, 2.24) is 35.2 Å². The van der Waals surface area contributed by atoms with E-state index in [2.05, 4.69) is 69.9 Å². The fourth-order valence-corrected chi connectivity index (χ4v) is 3.83. The van der Waals surface area contributed by atoms with Crippen LogP contribution in [0.4, 0.5) is 0 Å². The maximum Gasteiger partial charge on any atom is 0.191 e. The zero-order valence-corrected chi connectivity index (χ0v) is 18.8. The minimum atomic E-state index is 0.203. The molecule has 0 amide bonds. The average Bonchev–Trinajstić information content (AvgIpc) is 3.16. The molecular formula is C22H36N8. The quantitative estimate of drug-likeness (QED) is 0.507. The highest BCUT2D eigenvalue weighted by Crippen LogP contribution is 2.18. The summed E-state index contributed by atoms with van der Waals surface area (Å²) >= 11 is 0. The van der Waals surface area contributed by atoms with Gasteiger partial charge in [-0.25, -0.2) is 0 Å². The Labute approximate surface area is 180 Å². The van der Waals surface area contributed by atoms with E-state index in [4.69, 9.17) is 4.99 Å². The van der Waals surface area contributed by atoms with Crippen LogP contribution in [0, 0.1) is 0 Å². The zero-order chi connectivity index (χ0) is 21.3. The molecule has 2 aromatic rings. The van der Waals surface area contributed by atoms with E-state index in [1.807, 2.05) is 30.2 Å². The number of aryl methyl sites for hydroxylation is 1. The van der Waals surface area contributed by atoms with Crippen LogP contribution in [0.1, 0.15) is 37.1 Å². The summed E-state index contributed by atoms with van der Waals surface area (Å²) in [6.07, 6.45) is 8.08. The van der Waals surface area contributed by atoms with Gasteiger partial charge in [0.15, 0.2) is 5.96 Å². The molecule has 164 valence electrons. The second kappa shape index (κ2) is 11.1. The first-order valence-electron chi connectivity index (χ1n) is 10.9. The summed E-state index contributed by atoms with van der Waals surface area (Å²) in [5.41, 5.74) is 2.33.